The normalized spacial score (nSPS) is 24.0. The molecule has 2 rings (SSSR count). The van der Waals surface area contributed by atoms with Gasteiger partial charge in [-0.05, 0) is 19.4 Å². The molecule has 1 aliphatic rings. The van der Waals surface area contributed by atoms with Crippen LogP contribution in [-0.2, 0) is 24.6 Å². The van der Waals surface area contributed by atoms with Crippen LogP contribution < -0.4 is 0 Å². The van der Waals surface area contributed by atoms with Crippen molar-refractivity contribution in [3.63, 3.8) is 0 Å². The van der Waals surface area contributed by atoms with Crippen LogP contribution in [0.5, 0.6) is 0 Å². The smallest absolute Gasteiger partial charge is 0.413 e. The largest absolute Gasteiger partial charge is 0.480 e. The molecular weight excluding hydrogens is 314 g/mol. The number of hydrogen-bond donors (Lipinski definition) is 1. The minimum Gasteiger partial charge on any atom is -0.480 e. The van der Waals surface area contributed by atoms with Gasteiger partial charge in [0.25, 0.3) is 0 Å². The summed E-state index contributed by atoms with van der Waals surface area (Å²) in [5.74, 6) is -1.16. The second kappa shape index (κ2) is 7.19. The molecule has 0 bridgehead atoms. The molecule has 1 heterocycles. The van der Waals surface area contributed by atoms with Gasteiger partial charge in [0.1, 0.15) is 11.8 Å². The summed E-state index contributed by atoms with van der Waals surface area (Å²) in [5, 5.41) is 9.48. The molecule has 1 saturated heterocycles. The Morgan fingerprint density at radius 2 is 1.79 bits per heavy atom. The van der Waals surface area contributed by atoms with Gasteiger partial charge in [0.2, 0.25) is 0 Å². The number of ether oxygens (including phenoxy) is 3. The SMILES string of the molecule is COC1CC(OC)N(C(=O)OC(C)(C)c2ccccc2)[C@@H]1C(=O)O. The number of carbonyl (C=O) groups excluding carboxylic acids is 1. The molecule has 0 spiro atoms. The third-order valence-electron chi connectivity index (χ3n) is 4.25. The summed E-state index contributed by atoms with van der Waals surface area (Å²) in [6.07, 6.45) is -1.84. The second-order valence-corrected chi connectivity index (χ2v) is 6.13. The molecule has 0 saturated carbocycles. The fourth-order valence-electron chi connectivity index (χ4n) is 2.91. The number of carboxylic acid groups (broad SMARTS) is 1. The zero-order chi connectivity index (χ0) is 17.9. The van der Waals surface area contributed by atoms with E-state index in [-0.39, 0.29) is 6.42 Å². The van der Waals surface area contributed by atoms with Gasteiger partial charge in [-0.2, -0.15) is 0 Å². The summed E-state index contributed by atoms with van der Waals surface area (Å²) in [6, 6.07) is 8.10. The molecular formula is C17H23NO6. The van der Waals surface area contributed by atoms with E-state index in [1.807, 2.05) is 30.3 Å². The van der Waals surface area contributed by atoms with Gasteiger partial charge in [-0.1, -0.05) is 30.3 Å². The fraction of sp³-hybridized carbons (Fsp3) is 0.529. The van der Waals surface area contributed by atoms with Crippen LogP contribution in [0.2, 0.25) is 0 Å². The zero-order valence-corrected chi connectivity index (χ0v) is 14.3. The molecule has 1 aliphatic heterocycles. The Kier molecular flexibility index (Phi) is 5.46. The van der Waals surface area contributed by atoms with Crippen molar-refractivity contribution in [3.8, 4) is 0 Å². The first-order valence-corrected chi connectivity index (χ1v) is 7.67. The molecule has 1 N–H and O–H groups in total. The quantitative estimate of drug-likeness (QED) is 0.886. The molecule has 3 atom stereocenters. The predicted octanol–water partition coefficient (Wildman–Crippen LogP) is 2.20. The predicted molar refractivity (Wildman–Crippen MR) is 85.4 cm³/mol. The van der Waals surface area contributed by atoms with Gasteiger partial charge in [-0.25, -0.2) is 9.59 Å². The number of aliphatic carboxylic acids is 1. The first-order valence-electron chi connectivity index (χ1n) is 7.67. The highest BCUT2D eigenvalue weighted by atomic mass is 16.6. The van der Waals surface area contributed by atoms with Crippen LogP contribution >= 0.6 is 0 Å². The number of methoxy groups -OCH3 is 2. The van der Waals surface area contributed by atoms with Crippen molar-refractivity contribution in [2.45, 2.75) is 44.2 Å². The summed E-state index contributed by atoms with van der Waals surface area (Å²) >= 11 is 0. The molecule has 132 valence electrons. The van der Waals surface area contributed by atoms with E-state index in [1.54, 1.807) is 13.8 Å². The summed E-state index contributed by atoms with van der Waals surface area (Å²) in [5.41, 5.74) is -0.105. The summed E-state index contributed by atoms with van der Waals surface area (Å²) in [4.78, 5) is 25.4. The van der Waals surface area contributed by atoms with Crippen LogP contribution in [-0.4, -0.2) is 54.7 Å². The molecule has 1 fully saturated rings. The monoisotopic (exact) mass is 337 g/mol. The maximum Gasteiger partial charge on any atom is 0.413 e. The van der Waals surface area contributed by atoms with Crippen LogP contribution in [0.3, 0.4) is 0 Å². The van der Waals surface area contributed by atoms with Gasteiger partial charge in [0.15, 0.2) is 6.04 Å². The Labute approximate surface area is 141 Å². The average Bonchev–Trinajstić information content (AvgIpc) is 2.94. The minimum atomic E-state index is -1.16. The number of benzene rings is 1. The van der Waals surface area contributed by atoms with E-state index >= 15 is 0 Å². The lowest BCUT2D eigenvalue weighted by Crippen LogP contribution is -2.50. The Balaban J connectivity index is 2.24. The van der Waals surface area contributed by atoms with Crippen molar-refractivity contribution in [3.05, 3.63) is 35.9 Å². The van der Waals surface area contributed by atoms with Gasteiger partial charge < -0.3 is 19.3 Å². The number of carboxylic acids is 1. The highest BCUT2D eigenvalue weighted by Crippen LogP contribution is 2.32. The highest BCUT2D eigenvalue weighted by molar-refractivity contribution is 5.82. The van der Waals surface area contributed by atoms with Crippen LogP contribution in [0.15, 0.2) is 30.3 Å². The first-order chi connectivity index (χ1) is 11.3. The molecule has 0 radical (unpaired) electrons. The van der Waals surface area contributed by atoms with E-state index in [2.05, 4.69) is 0 Å². The molecule has 0 aliphatic carbocycles. The van der Waals surface area contributed by atoms with E-state index in [4.69, 9.17) is 14.2 Å². The maximum atomic E-state index is 12.7. The molecule has 1 amide bonds. The standard InChI is InChI=1S/C17H23NO6/c1-17(2,11-8-6-5-7-9-11)24-16(21)18-13(23-4)10-12(22-3)14(18)15(19)20/h5-9,12-14H,10H2,1-4H3,(H,19,20)/t12?,13?,14-/m0/s1. The second-order valence-electron chi connectivity index (χ2n) is 6.13. The van der Waals surface area contributed by atoms with Gasteiger partial charge in [0.05, 0.1) is 6.10 Å². The fourth-order valence-corrected chi connectivity index (χ4v) is 2.91. The third kappa shape index (κ3) is 3.52. The Hall–Kier alpha value is -2.12. The van der Waals surface area contributed by atoms with E-state index in [1.165, 1.54) is 14.2 Å². The van der Waals surface area contributed by atoms with Gasteiger partial charge in [-0.15, -0.1) is 0 Å². The lowest BCUT2D eigenvalue weighted by Gasteiger charge is -2.32. The highest BCUT2D eigenvalue weighted by Gasteiger charge is 2.50. The van der Waals surface area contributed by atoms with Crippen molar-refractivity contribution in [2.24, 2.45) is 0 Å². The van der Waals surface area contributed by atoms with Gasteiger partial charge in [0, 0.05) is 20.6 Å². The molecule has 24 heavy (non-hydrogen) atoms. The van der Waals surface area contributed by atoms with Crippen LogP contribution in [0.1, 0.15) is 25.8 Å². The molecule has 0 aromatic heterocycles. The molecule has 7 heteroatoms. The number of hydrogen-bond acceptors (Lipinski definition) is 5. The number of carbonyl (C=O) groups is 2. The third-order valence-corrected chi connectivity index (χ3v) is 4.25. The number of amides is 1. The molecule has 1 aromatic rings. The van der Waals surface area contributed by atoms with Crippen LogP contribution in [0, 0.1) is 0 Å². The number of nitrogens with zero attached hydrogens (tertiary/aromatic N) is 1. The van der Waals surface area contributed by atoms with Crippen molar-refractivity contribution >= 4 is 12.1 Å². The minimum absolute atomic E-state index is 0.269. The maximum absolute atomic E-state index is 12.7. The van der Waals surface area contributed by atoms with Crippen LogP contribution in [0.25, 0.3) is 0 Å². The molecule has 1 aromatic carbocycles. The van der Waals surface area contributed by atoms with Crippen molar-refractivity contribution < 1.29 is 28.9 Å². The van der Waals surface area contributed by atoms with E-state index < -0.39 is 36.0 Å². The summed E-state index contributed by atoms with van der Waals surface area (Å²) in [6.45, 7) is 3.50. The van der Waals surface area contributed by atoms with Gasteiger partial charge >= 0.3 is 12.1 Å². The summed E-state index contributed by atoms with van der Waals surface area (Å²) in [7, 11) is 2.83. The van der Waals surface area contributed by atoms with Crippen molar-refractivity contribution in [1.29, 1.82) is 0 Å². The summed E-state index contributed by atoms with van der Waals surface area (Å²) < 4.78 is 16.1. The van der Waals surface area contributed by atoms with E-state index in [9.17, 15) is 14.7 Å². The topological polar surface area (TPSA) is 85.3 Å². The van der Waals surface area contributed by atoms with E-state index in [0.29, 0.717) is 0 Å². The first kappa shape index (κ1) is 18.2. The Bertz CT molecular complexity index is 588. The van der Waals surface area contributed by atoms with Crippen molar-refractivity contribution in [1.82, 2.24) is 4.90 Å². The Morgan fingerprint density at radius 1 is 1.17 bits per heavy atom. The van der Waals surface area contributed by atoms with Gasteiger partial charge in [-0.3, -0.25) is 4.90 Å². The van der Waals surface area contributed by atoms with Crippen LogP contribution in [0.4, 0.5) is 4.79 Å². The van der Waals surface area contributed by atoms with Crippen molar-refractivity contribution in [2.75, 3.05) is 14.2 Å². The lowest BCUT2D eigenvalue weighted by molar-refractivity contribution is -0.148. The number of rotatable bonds is 5. The molecule has 7 nitrogen and oxygen atoms in total. The molecule has 2 unspecified atom stereocenters. The van der Waals surface area contributed by atoms with E-state index in [0.717, 1.165) is 10.5 Å². The number of likely N-dealkylation sites (tertiary alicyclic amines) is 1. The average molecular weight is 337 g/mol. The Morgan fingerprint density at radius 3 is 2.29 bits per heavy atom. The lowest BCUT2D eigenvalue weighted by atomic mass is 9.98. The zero-order valence-electron chi connectivity index (χ0n) is 14.3.